The van der Waals surface area contributed by atoms with Crippen LogP contribution in [0.5, 0.6) is 17.2 Å². The first kappa shape index (κ1) is 20.1. The van der Waals surface area contributed by atoms with E-state index in [2.05, 4.69) is 19.2 Å². The Kier molecular flexibility index (Phi) is 5.82. The average molecular weight is 383 g/mol. The predicted octanol–water partition coefficient (Wildman–Crippen LogP) is 4.62. The summed E-state index contributed by atoms with van der Waals surface area (Å²) < 4.78 is 17.2. The zero-order valence-corrected chi connectivity index (χ0v) is 17.2. The highest BCUT2D eigenvalue weighted by atomic mass is 16.5. The number of methoxy groups -OCH3 is 1. The van der Waals surface area contributed by atoms with Crippen LogP contribution in [0.3, 0.4) is 0 Å². The molecule has 150 valence electrons. The summed E-state index contributed by atoms with van der Waals surface area (Å²) in [4.78, 5) is 12.6. The summed E-state index contributed by atoms with van der Waals surface area (Å²) in [6.45, 7) is 8.23. The molecule has 5 nitrogen and oxygen atoms in total. The second kappa shape index (κ2) is 8.13. The van der Waals surface area contributed by atoms with Crippen molar-refractivity contribution in [3.63, 3.8) is 0 Å². The number of hydrogen-bond donors (Lipinski definition) is 1. The maximum atomic E-state index is 12.6. The quantitative estimate of drug-likeness (QED) is 0.791. The van der Waals surface area contributed by atoms with Gasteiger partial charge in [0.25, 0.3) is 5.91 Å². The lowest BCUT2D eigenvalue weighted by molar-refractivity contribution is -0.124. The van der Waals surface area contributed by atoms with E-state index in [9.17, 15) is 4.79 Å². The number of carbonyl (C=O) groups excluding carboxylic acids is 1. The van der Waals surface area contributed by atoms with E-state index in [0.717, 1.165) is 28.4 Å². The fraction of sp³-hybridized carbons (Fsp3) is 0.435. The zero-order valence-electron chi connectivity index (χ0n) is 17.2. The van der Waals surface area contributed by atoms with Gasteiger partial charge in [0, 0.05) is 18.1 Å². The van der Waals surface area contributed by atoms with Crippen LogP contribution in [0.2, 0.25) is 0 Å². The molecule has 1 aliphatic rings. The highest BCUT2D eigenvalue weighted by Crippen LogP contribution is 2.41. The normalized spacial score (nSPS) is 17.4. The number of amides is 1. The third-order valence-corrected chi connectivity index (χ3v) is 4.91. The van der Waals surface area contributed by atoms with Crippen LogP contribution >= 0.6 is 0 Å². The maximum Gasteiger partial charge on any atom is 0.258 e. The summed E-state index contributed by atoms with van der Waals surface area (Å²) >= 11 is 0. The molecular formula is C23H29NO4. The van der Waals surface area contributed by atoms with Gasteiger partial charge in [-0.15, -0.1) is 0 Å². The molecule has 2 aromatic rings. The molecule has 0 radical (unpaired) electrons. The van der Waals surface area contributed by atoms with Crippen LogP contribution in [0.1, 0.15) is 57.2 Å². The molecule has 0 aromatic heterocycles. The smallest absolute Gasteiger partial charge is 0.258 e. The Balaban J connectivity index is 1.71. The van der Waals surface area contributed by atoms with Gasteiger partial charge >= 0.3 is 0 Å². The molecule has 1 N–H and O–H groups in total. The van der Waals surface area contributed by atoms with E-state index >= 15 is 0 Å². The van der Waals surface area contributed by atoms with Crippen molar-refractivity contribution in [2.45, 2.75) is 51.7 Å². The fourth-order valence-electron chi connectivity index (χ4n) is 3.56. The van der Waals surface area contributed by atoms with Crippen LogP contribution in [0.15, 0.2) is 42.5 Å². The summed E-state index contributed by atoms with van der Waals surface area (Å²) in [5.74, 6) is 2.41. The monoisotopic (exact) mass is 383 g/mol. The van der Waals surface area contributed by atoms with E-state index in [1.807, 2.05) is 56.3 Å². The minimum Gasteiger partial charge on any atom is -0.497 e. The summed E-state index contributed by atoms with van der Waals surface area (Å²) in [6.07, 6.45) is 0.681. The Morgan fingerprint density at radius 3 is 2.71 bits per heavy atom. The van der Waals surface area contributed by atoms with Gasteiger partial charge in [-0.3, -0.25) is 4.79 Å². The highest BCUT2D eigenvalue weighted by molar-refractivity contribution is 5.78. The van der Waals surface area contributed by atoms with Gasteiger partial charge in [0.1, 0.15) is 22.8 Å². The molecular weight excluding hydrogens is 354 g/mol. The topological polar surface area (TPSA) is 56.8 Å². The van der Waals surface area contributed by atoms with Crippen molar-refractivity contribution in [1.29, 1.82) is 0 Å². The van der Waals surface area contributed by atoms with E-state index in [4.69, 9.17) is 14.2 Å². The molecule has 0 spiro atoms. The van der Waals surface area contributed by atoms with Crippen molar-refractivity contribution >= 4 is 5.91 Å². The molecule has 28 heavy (non-hydrogen) atoms. The number of ether oxygens (including phenoxy) is 3. The fourth-order valence-corrected chi connectivity index (χ4v) is 3.56. The molecule has 1 aliphatic heterocycles. The third kappa shape index (κ3) is 4.58. The molecule has 2 aromatic carbocycles. The van der Waals surface area contributed by atoms with Crippen LogP contribution in [0, 0.1) is 0 Å². The van der Waals surface area contributed by atoms with Crippen molar-refractivity contribution < 1.29 is 19.0 Å². The molecule has 1 amide bonds. The van der Waals surface area contributed by atoms with Crippen LogP contribution in [0.4, 0.5) is 0 Å². The number of para-hydroxylation sites is 1. The number of hydrogen-bond acceptors (Lipinski definition) is 4. The molecule has 1 unspecified atom stereocenters. The minimum absolute atomic E-state index is 0.0208. The van der Waals surface area contributed by atoms with Gasteiger partial charge in [-0.25, -0.2) is 0 Å². The first-order chi connectivity index (χ1) is 13.3. The molecule has 0 bridgehead atoms. The summed E-state index contributed by atoms with van der Waals surface area (Å²) in [5.41, 5.74) is 1.67. The minimum atomic E-state index is -0.386. The molecule has 1 atom stereocenters. The number of rotatable bonds is 6. The van der Waals surface area contributed by atoms with Gasteiger partial charge < -0.3 is 19.5 Å². The Morgan fingerprint density at radius 2 is 2.00 bits per heavy atom. The molecule has 3 rings (SSSR count). The van der Waals surface area contributed by atoms with Crippen molar-refractivity contribution in [3.05, 3.63) is 53.6 Å². The van der Waals surface area contributed by atoms with Crippen molar-refractivity contribution in [1.82, 2.24) is 5.32 Å². The third-order valence-electron chi connectivity index (χ3n) is 4.91. The Morgan fingerprint density at radius 1 is 1.25 bits per heavy atom. The summed E-state index contributed by atoms with van der Waals surface area (Å²) in [6, 6.07) is 13.4. The van der Waals surface area contributed by atoms with Crippen LogP contribution in [-0.2, 0) is 4.79 Å². The van der Waals surface area contributed by atoms with E-state index in [0.29, 0.717) is 12.3 Å². The maximum absolute atomic E-state index is 12.6. The molecule has 0 saturated heterocycles. The average Bonchev–Trinajstić information content (AvgIpc) is 2.65. The molecule has 0 aliphatic carbocycles. The lowest BCUT2D eigenvalue weighted by Gasteiger charge is -2.38. The Hall–Kier alpha value is -2.69. The van der Waals surface area contributed by atoms with E-state index in [1.165, 1.54) is 0 Å². The van der Waals surface area contributed by atoms with Crippen LogP contribution < -0.4 is 19.5 Å². The molecule has 0 saturated carbocycles. The van der Waals surface area contributed by atoms with Gasteiger partial charge in [-0.2, -0.15) is 0 Å². The van der Waals surface area contributed by atoms with Crippen molar-refractivity contribution in [2.75, 3.05) is 13.7 Å². The molecule has 0 fully saturated rings. The number of nitrogens with one attached hydrogen (secondary N) is 1. The van der Waals surface area contributed by atoms with Gasteiger partial charge in [0.15, 0.2) is 6.61 Å². The van der Waals surface area contributed by atoms with E-state index in [1.54, 1.807) is 7.11 Å². The summed E-state index contributed by atoms with van der Waals surface area (Å²) in [7, 11) is 1.63. The largest absolute Gasteiger partial charge is 0.497 e. The van der Waals surface area contributed by atoms with Gasteiger partial charge in [-0.05, 0) is 43.5 Å². The SMILES string of the molecule is COc1ccc2c(c1)OC(C)(C)CC2NC(=O)COc1ccccc1C(C)C. The zero-order chi connectivity index (χ0) is 20.3. The summed E-state index contributed by atoms with van der Waals surface area (Å²) in [5, 5.41) is 3.10. The van der Waals surface area contributed by atoms with E-state index in [-0.39, 0.29) is 24.2 Å². The lowest BCUT2D eigenvalue weighted by Crippen LogP contribution is -2.42. The van der Waals surface area contributed by atoms with Crippen LogP contribution in [0.25, 0.3) is 0 Å². The van der Waals surface area contributed by atoms with Gasteiger partial charge in [-0.1, -0.05) is 32.0 Å². The second-order valence-corrected chi connectivity index (χ2v) is 8.07. The Labute approximate surface area is 167 Å². The number of benzene rings is 2. The predicted molar refractivity (Wildman–Crippen MR) is 109 cm³/mol. The van der Waals surface area contributed by atoms with Crippen LogP contribution in [-0.4, -0.2) is 25.2 Å². The number of carbonyl (C=O) groups is 1. The first-order valence-electron chi connectivity index (χ1n) is 9.67. The molecule has 1 heterocycles. The Bertz CT molecular complexity index is 844. The highest BCUT2D eigenvalue weighted by Gasteiger charge is 2.34. The standard InChI is InChI=1S/C23H29NO4/c1-15(2)17-8-6-7-9-20(17)27-14-22(25)24-19-13-23(3,4)28-21-12-16(26-5)10-11-18(19)21/h6-12,15,19H,13-14H2,1-5H3,(H,24,25). The van der Waals surface area contributed by atoms with Crippen molar-refractivity contribution in [2.24, 2.45) is 0 Å². The van der Waals surface area contributed by atoms with Crippen molar-refractivity contribution in [3.8, 4) is 17.2 Å². The lowest BCUT2D eigenvalue weighted by atomic mass is 9.89. The first-order valence-corrected chi connectivity index (χ1v) is 9.67. The molecule has 5 heteroatoms. The second-order valence-electron chi connectivity index (χ2n) is 8.07. The van der Waals surface area contributed by atoms with E-state index < -0.39 is 0 Å². The van der Waals surface area contributed by atoms with Gasteiger partial charge in [0.05, 0.1) is 13.2 Å². The number of fused-ring (bicyclic) bond motifs is 1. The van der Waals surface area contributed by atoms with Gasteiger partial charge in [0.2, 0.25) is 0 Å².